The molecule has 1 aromatic carbocycles. The zero-order valence-corrected chi connectivity index (χ0v) is 13.0. The highest BCUT2D eigenvalue weighted by molar-refractivity contribution is 5.33. The average molecular weight is 291 g/mol. The van der Waals surface area contributed by atoms with E-state index in [0.717, 1.165) is 24.2 Å². The van der Waals surface area contributed by atoms with Crippen LogP contribution in [0.15, 0.2) is 24.3 Å². The second kappa shape index (κ2) is 6.72. The standard InChI is InChI=1S/C16H22FN3O/c1-5-8-18-12(3)13-6-7-15(14(17)10-13)21-16-9-11(2)19-20(16)4/h6-7,9-10,12,18H,5,8H2,1-4H3. The molecule has 0 bridgehead atoms. The third kappa shape index (κ3) is 3.82. The minimum Gasteiger partial charge on any atom is -0.436 e. The molecule has 0 aliphatic carbocycles. The van der Waals surface area contributed by atoms with Crippen molar-refractivity contribution in [2.75, 3.05) is 6.54 Å². The Morgan fingerprint density at radius 3 is 2.71 bits per heavy atom. The van der Waals surface area contributed by atoms with Gasteiger partial charge in [-0.3, -0.25) is 0 Å². The van der Waals surface area contributed by atoms with Gasteiger partial charge in [-0.1, -0.05) is 13.0 Å². The van der Waals surface area contributed by atoms with Crippen molar-refractivity contribution < 1.29 is 9.13 Å². The Morgan fingerprint density at radius 2 is 2.14 bits per heavy atom. The fourth-order valence-corrected chi connectivity index (χ4v) is 2.14. The first-order chi connectivity index (χ1) is 10.0. The van der Waals surface area contributed by atoms with Gasteiger partial charge in [0.05, 0.1) is 5.69 Å². The third-order valence-electron chi connectivity index (χ3n) is 3.33. The van der Waals surface area contributed by atoms with Crippen LogP contribution in [0, 0.1) is 12.7 Å². The quantitative estimate of drug-likeness (QED) is 0.881. The SMILES string of the molecule is CCCNC(C)c1ccc(Oc2cc(C)nn2C)c(F)c1. The number of hydrogen-bond acceptors (Lipinski definition) is 3. The summed E-state index contributed by atoms with van der Waals surface area (Å²) < 4.78 is 21.3. The van der Waals surface area contributed by atoms with E-state index >= 15 is 0 Å². The molecule has 0 saturated heterocycles. The maximum absolute atomic E-state index is 14.2. The molecule has 1 N–H and O–H groups in total. The molecule has 2 aromatic rings. The molecule has 2 rings (SSSR count). The number of benzene rings is 1. The Labute approximate surface area is 124 Å². The van der Waals surface area contributed by atoms with Gasteiger partial charge in [0.25, 0.3) is 0 Å². The Bertz CT molecular complexity index is 610. The Balaban J connectivity index is 2.14. The number of nitrogens with zero attached hydrogens (tertiary/aromatic N) is 2. The molecule has 4 nitrogen and oxygen atoms in total. The van der Waals surface area contributed by atoms with Crippen LogP contribution in [0.25, 0.3) is 0 Å². The predicted molar refractivity (Wildman–Crippen MR) is 81.1 cm³/mol. The van der Waals surface area contributed by atoms with E-state index in [4.69, 9.17) is 4.74 Å². The molecule has 0 aliphatic heterocycles. The van der Waals surface area contributed by atoms with Crippen LogP contribution in [-0.4, -0.2) is 16.3 Å². The second-order valence-corrected chi connectivity index (χ2v) is 5.22. The molecule has 1 unspecified atom stereocenters. The van der Waals surface area contributed by atoms with E-state index in [1.165, 1.54) is 6.07 Å². The molecule has 0 saturated carbocycles. The molecular weight excluding hydrogens is 269 g/mol. The Hall–Kier alpha value is -1.88. The molecule has 114 valence electrons. The van der Waals surface area contributed by atoms with Crippen molar-refractivity contribution in [1.82, 2.24) is 15.1 Å². The molecule has 0 aliphatic rings. The van der Waals surface area contributed by atoms with Crippen molar-refractivity contribution >= 4 is 0 Å². The van der Waals surface area contributed by atoms with Gasteiger partial charge >= 0.3 is 0 Å². The van der Waals surface area contributed by atoms with E-state index in [-0.39, 0.29) is 17.6 Å². The molecule has 0 fully saturated rings. The van der Waals surface area contributed by atoms with Crippen molar-refractivity contribution in [3.8, 4) is 11.6 Å². The van der Waals surface area contributed by atoms with Crippen molar-refractivity contribution in [3.63, 3.8) is 0 Å². The van der Waals surface area contributed by atoms with Crippen molar-refractivity contribution in [2.24, 2.45) is 7.05 Å². The lowest BCUT2D eigenvalue weighted by atomic mass is 10.1. The average Bonchev–Trinajstić information content (AvgIpc) is 2.76. The summed E-state index contributed by atoms with van der Waals surface area (Å²) in [6, 6.07) is 6.96. The highest BCUT2D eigenvalue weighted by atomic mass is 19.1. The van der Waals surface area contributed by atoms with Gasteiger partial charge in [0.15, 0.2) is 11.6 Å². The van der Waals surface area contributed by atoms with Gasteiger partial charge in [-0.2, -0.15) is 5.10 Å². The van der Waals surface area contributed by atoms with E-state index in [9.17, 15) is 4.39 Å². The maximum Gasteiger partial charge on any atom is 0.217 e. The van der Waals surface area contributed by atoms with Crippen LogP contribution in [0.2, 0.25) is 0 Å². The first kappa shape index (κ1) is 15.5. The minimum absolute atomic E-state index is 0.118. The topological polar surface area (TPSA) is 39.1 Å². The Kier molecular flexibility index (Phi) is 4.96. The number of aryl methyl sites for hydroxylation is 2. The predicted octanol–water partition coefficient (Wildman–Crippen LogP) is 3.72. The van der Waals surface area contributed by atoms with Crippen LogP contribution < -0.4 is 10.1 Å². The number of rotatable bonds is 6. The fourth-order valence-electron chi connectivity index (χ4n) is 2.14. The molecule has 1 heterocycles. The van der Waals surface area contributed by atoms with Crippen LogP contribution >= 0.6 is 0 Å². The summed E-state index contributed by atoms with van der Waals surface area (Å²) in [6.07, 6.45) is 1.05. The zero-order chi connectivity index (χ0) is 15.4. The van der Waals surface area contributed by atoms with Crippen LogP contribution in [0.1, 0.15) is 37.6 Å². The van der Waals surface area contributed by atoms with E-state index in [0.29, 0.717) is 5.88 Å². The van der Waals surface area contributed by atoms with Gasteiger partial charge in [0, 0.05) is 19.2 Å². The summed E-state index contributed by atoms with van der Waals surface area (Å²) >= 11 is 0. The lowest BCUT2D eigenvalue weighted by molar-refractivity contribution is 0.402. The van der Waals surface area contributed by atoms with Gasteiger partial charge < -0.3 is 10.1 Å². The summed E-state index contributed by atoms with van der Waals surface area (Å²) in [4.78, 5) is 0. The zero-order valence-electron chi connectivity index (χ0n) is 13.0. The van der Waals surface area contributed by atoms with Crippen molar-refractivity contribution in [1.29, 1.82) is 0 Å². The van der Waals surface area contributed by atoms with Gasteiger partial charge in [-0.15, -0.1) is 0 Å². The van der Waals surface area contributed by atoms with E-state index in [1.54, 1.807) is 23.9 Å². The monoisotopic (exact) mass is 291 g/mol. The minimum atomic E-state index is -0.364. The first-order valence-electron chi connectivity index (χ1n) is 7.22. The molecule has 0 spiro atoms. The van der Waals surface area contributed by atoms with Crippen LogP contribution in [0.3, 0.4) is 0 Å². The second-order valence-electron chi connectivity index (χ2n) is 5.22. The number of halogens is 1. The molecule has 1 atom stereocenters. The highest BCUT2D eigenvalue weighted by Crippen LogP contribution is 2.27. The number of ether oxygens (including phenoxy) is 1. The molecular formula is C16H22FN3O. The van der Waals surface area contributed by atoms with Crippen LogP contribution in [-0.2, 0) is 7.05 Å². The maximum atomic E-state index is 14.2. The van der Waals surface area contributed by atoms with Gasteiger partial charge in [0.2, 0.25) is 5.88 Å². The summed E-state index contributed by atoms with van der Waals surface area (Å²) in [6.45, 7) is 6.91. The Morgan fingerprint density at radius 1 is 1.38 bits per heavy atom. The number of hydrogen-bond donors (Lipinski definition) is 1. The van der Waals surface area contributed by atoms with Gasteiger partial charge in [0.1, 0.15) is 0 Å². The molecule has 0 radical (unpaired) electrons. The van der Waals surface area contributed by atoms with E-state index in [1.807, 2.05) is 19.9 Å². The van der Waals surface area contributed by atoms with Crippen molar-refractivity contribution in [2.45, 2.75) is 33.2 Å². The largest absolute Gasteiger partial charge is 0.436 e. The smallest absolute Gasteiger partial charge is 0.217 e. The van der Waals surface area contributed by atoms with Gasteiger partial charge in [-0.25, -0.2) is 9.07 Å². The van der Waals surface area contributed by atoms with Crippen LogP contribution in [0.5, 0.6) is 11.6 Å². The third-order valence-corrected chi connectivity index (χ3v) is 3.33. The van der Waals surface area contributed by atoms with Crippen LogP contribution in [0.4, 0.5) is 4.39 Å². The van der Waals surface area contributed by atoms with E-state index in [2.05, 4.69) is 17.3 Å². The lowest BCUT2D eigenvalue weighted by Crippen LogP contribution is -2.19. The summed E-state index contributed by atoms with van der Waals surface area (Å²) in [5, 5.41) is 7.51. The van der Waals surface area contributed by atoms with Gasteiger partial charge in [-0.05, 0) is 44.5 Å². The number of aromatic nitrogens is 2. The summed E-state index contributed by atoms with van der Waals surface area (Å²) in [7, 11) is 1.77. The fraction of sp³-hybridized carbons (Fsp3) is 0.438. The van der Waals surface area contributed by atoms with E-state index < -0.39 is 0 Å². The summed E-state index contributed by atoms with van der Waals surface area (Å²) in [5.41, 5.74) is 1.75. The van der Waals surface area contributed by atoms with Crippen molar-refractivity contribution in [3.05, 3.63) is 41.3 Å². The highest BCUT2D eigenvalue weighted by Gasteiger charge is 2.12. The normalized spacial score (nSPS) is 12.4. The summed E-state index contributed by atoms with van der Waals surface area (Å²) in [5.74, 6) is 0.372. The lowest BCUT2D eigenvalue weighted by Gasteiger charge is -2.15. The number of nitrogens with one attached hydrogen (secondary N) is 1. The first-order valence-corrected chi connectivity index (χ1v) is 7.22. The molecule has 0 amide bonds. The molecule has 1 aromatic heterocycles. The molecule has 21 heavy (non-hydrogen) atoms. The molecule has 5 heteroatoms.